The number of aromatic nitrogens is 3. The molecule has 0 spiro atoms. The van der Waals surface area contributed by atoms with E-state index in [4.69, 9.17) is 11.6 Å². The molecule has 0 aliphatic heterocycles. The Balaban J connectivity index is 1.46. The standard InChI is InChI=1S/C23H20ClN5O3S/c1-28(21-6-3-5-19(24)13-21)33(31,32)22-7-2-4-18(12-22)23(30)26-14-17-8-10-20(11-9-17)29-16-25-15-27-29/h2-13,15-16H,14H2,1H3,(H,26,30). The van der Waals surface area contributed by atoms with E-state index in [9.17, 15) is 13.2 Å². The van der Waals surface area contributed by atoms with Gasteiger partial charge in [0, 0.05) is 24.2 Å². The van der Waals surface area contributed by atoms with Gasteiger partial charge in [0.15, 0.2) is 0 Å². The first kappa shape index (κ1) is 22.5. The Morgan fingerprint density at radius 2 is 1.82 bits per heavy atom. The van der Waals surface area contributed by atoms with Crippen LogP contribution in [0.25, 0.3) is 5.69 Å². The molecule has 0 aliphatic carbocycles. The fraction of sp³-hybridized carbons (Fsp3) is 0.0870. The van der Waals surface area contributed by atoms with Crippen molar-refractivity contribution < 1.29 is 13.2 Å². The first-order chi connectivity index (χ1) is 15.8. The molecule has 4 rings (SSSR count). The van der Waals surface area contributed by atoms with Gasteiger partial charge in [-0.05, 0) is 54.1 Å². The minimum Gasteiger partial charge on any atom is -0.348 e. The number of halogens is 1. The third-order valence-electron chi connectivity index (χ3n) is 5.00. The highest BCUT2D eigenvalue weighted by Gasteiger charge is 2.22. The molecule has 10 heteroatoms. The van der Waals surface area contributed by atoms with Crippen LogP contribution in [0, 0.1) is 0 Å². The van der Waals surface area contributed by atoms with Crippen molar-refractivity contribution in [1.82, 2.24) is 20.1 Å². The average molecular weight is 482 g/mol. The summed E-state index contributed by atoms with van der Waals surface area (Å²) in [5, 5.41) is 7.32. The number of carbonyl (C=O) groups is 1. The second kappa shape index (κ2) is 9.43. The molecule has 1 N–H and O–H groups in total. The molecule has 0 saturated heterocycles. The van der Waals surface area contributed by atoms with Crippen molar-refractivity contribution in [3.63, 3.8) is 0 Å². The first-order valence-electron chi connectivity index (χ1n) is 9.91. The number of hydrogen-bond acceptors (Lipinski definition) is 5. The molecular weight excluding hydrogens is 462 g/mol. The molecule has 4 aromatic rings. The van der Waals surface area contributed by atoms with Gasteiger partial charge in [-0.3, -0.25) is 9.10 Å². The van der Waals surface area contributed by atoms with Gasteiger partial charge >= 0.3 is 0 Å². The molecule has 1 heterocycles. The topological polar surface area (TPSA) is 97.2 Å². The number of nitrogens with zero attached hydrogens (tertiary/aromatic N) is 4. The second-order valence-corrected chi connectivity index (χ2v) is 9.58. The van der Waals surface area contributed by atoms with E-state index in [-0.39, 0.29) is 22.9 Å². The Kier molecular flexibility index (Phi) is 6.43. The summed E-state index contributed by atoms with van der Waals surface area (Å²) in [6.07, 6.45) is 3.05. The Hall–Kier alpha value is -3.69. The third-order valence-corrected chi connectivity index (χ3v) is 7.02. The van der Waals surface area contributed by atoms with Crippen LogP contribution in [0.2, 0.25) is 5.02 Å². The SMILES string of the molecule is CN(c1cccc(Cl)c1)S(=O)(=O)c1cccc(C(=O)NCc2ccc(-n3cncn3)cc2)c1. The maximum absolute atomic E-state index is 13.1. The van der Waals surface area contributed by atoms with Crippen molar-refractivity contribution in [3.8, 4) is 5.69 Å². The summed E-state index contributed by atoms with van der Waals surface area (Å²) in [6.45, 7) is 0.288. The van der Waals surface area contributed by atoms with E-state index in [1.54, 1.807) is 47.4 Å². The fourth-order valence-electron chi connectivity index (χ4n) is 3.16. The van der Waals surface area contributed by atoms with Crippen LogP contribution in [0.15, 0.2) is 90.3 Å². The Labute approximate surface area is 196 Å². The van der Waals surface area contributed by atoms with Gasteiger partial charge in [0.2, 0.25) is 0 Å². The molecule has 168 valence electrons. The Morgan fingerprint density at radius 3 is 2.52 bits per heavy atom. The summed E-state index contributed by atoms with van der Waals surface area (Å²) >= 11 is 5.99. The van der Waals surface area contributed by atoms with E-state index in [2.05, 4.69) is 15.4 Å². The van der Waals surface area contributed by atoms with Crippen molar-refractivity contribution in [2.24, 2.45) is 0 Å². The van der Waals surface area contributed by atoms with Gasteiger partial charge in [-0.1, -0.05) is 35.9 Å². The van der Waals surface area contributed by atoms with Crippen molar-refractivity contribution >= 4 is 33.2 Å². The van der Waals surface area contributed by atoms with Crippen LogP contribution >= 0.6 is 11.6 Å². The lowest BCUT2D eigenvalue weighted by molar-refractivity contribution is 0.0950. The molecule has 0 fully saturated rings. The zero-order chi connectivity index (χ0) is 23.4. The highest BCUT2D eigenvalue weighted by atomic mass is 35.5. The van der Waals surface area contributed by atoms with Gasteiger partial charge in [0.25, 0.3) is 15.9 Å². The van der Waals surface area contributed by atoms with Crippen LogP contribution in [0.1, 0.15) is 15.9 Å². The highest BCUT2D eigenvalue weighted by molar-refractivity contribution is 7.92. The van der Waals surface area contributed by atoms with E-state index < -0.39 is 10.0 Å². The molecular formula is C23H20ClN5O3S. The summed E-state index contributed by atoms with van der Waals surface area (Å²) in [4.78, 5) is 16.6. The molecule has 0 radical (unpaired) electrons. The normalized spacial score (nSPS) is 11.2. The van der Waals surface area contributed by atoms with Crippen LogP contribution in [0.3, 0.4) is 0 Å². The van der Waals surface area contributed by atoms with E-state index in [1.807, 2.05) is 24.3 Å². The average Bonchev–Trinajstić information content (AvgIpc) is 3.37. The van der Waals surface area contributed by atoms with Gasteiger partial charge in [-0.2, -0.15) is 5.10 Å². The van der Waals surface area contributed by atoms with Crippen LogP contribution in [0.5, 0.6) is 0 Å². The quantitative estimate of drug-likeness (QED) is 0.434. The molecule has 1 amide bonds. The van der Waals surface area contributed by atoms with Crippen LogP contribution in [-0.4, -0.2) is 36.1 Å². The van der Waals surface area contributed by atoms with Gasteiger partial charge in [-0.25, -0.2) is 18.1 Å². The Bertz CT molecular complexity index is 1370. The lowest BCUT2D eigenvalue weighted by Crippen LogP contribution is -2.27. The number of rotatable bonds is 7. The summed E-state index contributed by atoms with van der Waals surface area (Å²) in [5.74, 6) is -0.377. The van der Waals surface area contributed by atoms with E-state index in [0.717, 1.165) is 15.6 Å². The number of sulfonamides is 1. The summed E-state index contributed by atoms with van der Waals surface area (Å²) in [7, 11) is -2.44. The number of hydrogen-bond donors (Lipinski definition) is 1. The van der Waals surface area contributed by atoms with Crippen molar-refractivity contribution in [2.75, 3.05) is 11.4 Å². The number of benzene rings is 3. The van der Waals surface area contributed by atoms with Crippen molar-refractivity contribution in [3.05, 3.63) is 102 Å². The molecule has 0 bridgehead atoms. The first-order valence-corrected chi connectivity index (χ1v) is 11.7. The second-order valence-electron chi connectivity index (χ2n) is 7.17. The van der Waals surface area contributed by atoms with Crippen molar-refractivity contribution in [2.45, 2.75) is 11.4 Å². The van der Waals surface area contributed by atoms with E-state index >= 15 is 0 Å². The third kappa shape index (κ3) is 5.05. The monoisotopic (exact) mass is 481 g/mol. The predicted octanol–water partition coefficient (Wildman–Crippen LogP) is 3.68. The van der Waals surface area contributed by atoms with Gasteiger partial charge in [0.05, 0.1) is 16.3 Å². The maximum Gasteiger partial charge on any atom is 0.264 e. The van der Waals surface area contributed by atoms with Crippen LogP contribution in [0.4, 0.5) is 5.69 Å². The number of carbonyl (C=O) groups excluding carboxylic acids is 1. The molecule has 8 nitrogen and oxygen atoms in total. The van der Waals surface area contributed by atoms with Crippen molar-refractivity contribution in [1.29, 1.82) is 0 Å². The minimum atomic E-state index is -3.88. The van der Waals surface area contributed by atoms with Gasteiger partial charge in [-0.15, -0.1) is 0 Å². The molecule has 0 unspecified atom stereocenters. The molecule has 0 saturated carbocycles. The lowest BCUT2D eigenvalue weighted by Gasteiger charge is -2.20. The minimum absolute atomic E-state index is 0.00908. The molecule has 33 heavy (non-hydrogen) atoms. The van der Waals surface area contributed by atoms with Gasteiger partial charge < -0.3 is 5.32 Å². The van der Waals surface area contributed by atoms with Crippen LogP contribution in [-0.2, 0) is 16.6 Å². The fourth-order valence-corrected chi connectivity index (χ4v) is 4.58. The highest BCUT2D eigenvalue weighted by Crippen LogP contribution is 2.25. The predicted molar refractivity (Wildman–Crippen MR) is 126 cm³/mol. The zero-order valence-electron chi connectivity index (χ0n) is 17.6. The molecule has 0 atom stereocenters. The molecule has 1 aromatic heterocycles. The number of amides is 1. The summed E-state index contributed by atoms with van der Waals surface area (Å²) in [6, 6.07) is 20.0. The van der Waals surface area contributed by atoms with Crippen LogP contribution < -0.4 is 9.62 Å². The zero-order valence-corrected chi connectivity index (χ0v) is 19.2. The molecule has 0 aliphatic rings. The number of nitrogens with one attached hydrogen (secondary N) is 1. The summed E-state index contributed by atoms with van der Waals surface area (Å²) in [5.41, 5.74) is 2.41. The Morgan fingerprint density at radius 1 is 1.06 bits per heavy atom. The van der Waals surface area contributed by atoms with Gasteiger partial charge in [0.1, 0.15) is 12.7 Å². The largest absolute Gasteiger partial charge is 0.348 e. The lowest BCUT2D eigenvalue weighted by atomic mass is 10.2. The van der Waals surface area contributed by atoms with E-state index in [1.165, 1.54) is 25.5 Å². The maximum atomic E-state index is 13.1. The summed E-state index contributed by atoms with van der Waals surface area (Å²) < 4.78 is 28.9. The smallest absolute Gasteiger partial charge is 0.264 e. The molecule has 3 aromatic carbocycles. The van der Waals surface area contributed by atoms with E-state index in [0.29, 0.717) is 10.7 Å². The number of anilines is 1.